The van der Waals surface area contributed by atoms with Crippen LogP contribution in [0, 0.1) is 0 Å². The Morgan fingerprint density at radius 1 is 1.10 bits per heavy atom. The minimum atomic E-state index is -3.94. The average molecular weight is 603 g/mol. The Balaban J connectivity index is 1.05. The van der Waals surface area contributed by atoms with Crippen molar-refractivity contribution in [2.24, 2.45) is 0 Å². The van der Waals surface area contributed by atoms with Gasteiger partial charge in [0.1, 0.15) is 10.8 Å². The second-order valence-electron chi connectivity index (χ2n) is 10.4. The van der Waals surface area contributed by atoms with Crippen LogP contribution in [0.15, 0.2) is 82.7 Å². The highest BCUT2D eigenvalue weighted by atomic mass is 32.2. The molecule has 3 aromatic carbocycles. The lowest BCUT2D eigenvalue weighted by Crippen LogP contribution is -2.23. The molecule has 4 aromatic rings. The smallest absolute Gasteiger partial charge is 0.257 e. The van der Waals surface area contributed by atoms with Gasteiger partial charge in [-0.25, -0.2) is 13.4 Å². The van der Waals surface area contributed by atoms with Crippen LogP contribution < -0.4 is 15.4 Å². The van der Waals surface area contributed by atoms with Gasteiger partial charge in [0, 0.05) is 34.8 Å². The Labute approximate surface area is 248 Å². The third-order valence-corrected chi connectivity index (χ3v) is 10.3. The van der Waals surface area contributed by atoms with E-state index in [4.69, 9.17) is 4.74 Å². The third kappa shape index (κ3) is 5.94. The van der Waals surface area contributed by atoms with E-state index in [1.54, 1.807) is 18.3 Å². The normalized spacial score (nSPS) is 15.3. The lowest BCUT2D eigenvalue weighted by Gasteiger charge is -2.15. The minimum Gasteiger partial charge on any atom is -0.494 e. The molecule has 2 amide bonds. The Morgan fingerprint density at radius 3 is 2.67 bits per heavy atom. The topological polar surface area (TPSA) is 118 Å². The van der Waals surface area contributed by atoms with Crippen LogP contribution in [0.25, 0.3) is 10.6 Å². The number of benzene rings is 3. The predicted molar refractivity (Wildman–Crippen MR) is 161 cm³/mol. The summed E-state index contributed by atoms with van der Waals surface area (Å²) in [6, 6.07) is 18.8. The number of aromatic nitrogens is 1. The summed E-state index contributed by atoms with van der Waals surface area (Å²) in [5.74, 6) is -0.115. The zero-order valence-electron chi connectivity index (χ0n) is 23.0. The zero-order valence-corrected chi connectivity index (χ0v) is 24.6. The van der Waals surface area contributed by atoms with E-state index >= 15 is 0 Å². The first-order chi connectivity index (χ1) is 20.3. The summed E-state index contributed by atoms with van der Waals surface area (Å²) in [7, 11) is -1.77. The van der Waals surface area contributed by atoms with Gasteiger partial charge in [0.15, 0.2) is 0 Å². The molecule has 2 heterocycles. The molecule has 1 aliphatic heterocycles. The maximum atomic E-state index is 13.2. The highest BCUT2D eigenvalue weighted by molar-refractivity contribution is 7.91. The molecule has 216 valence electrons. The van der Waals surface area contributed by atoms with E-state index in [0.717, 1.165) is 40.2 Å². The van der Waals surface area contributed by atoms with Crippen molar-refractivity contribution in [1.82, 2.24) is 15.2 Å². The van der Waals surface area contributed by atoms with E-state index in [1.165, 1.54) is 54.5 Å². The number of thiazole rings is 1. The number of nitrogens with one attached hydrogen (secondary N) is 2. The molecule has 1 aromatic heterocycles. The summed E-state index contributed by atoms with van der Waals surface area (Å²) in [6.07, 6.45) is 5.33. The molecule has 2 aliphatic rings. The number of anilines is 1. The van der Waals surface area contributed by atoms with E-state index in [-0.39, 0.29) is 33.2 Å². The van der Waals surface area contributed by atoms with Crippen LogP contribution in [0.1, 0.15) is 44.9 Å². The Kier molecular flexibility index (Phi) is 7.80. The molecule has 1 fully saturated rings. The van der Waals surface area contributed by atoms with Gasteiger partial charge in [-0.2, -0.15) is 0 Å². The predicted octanol–water partition coefficient (Wildman–Crippen LogP) is 5.00. The molecule has 42 heavy (non-hydrogen) atoms. The summed E-state index contributed by atoms with van der Waals surface area (Å²) in [6.45, 7) is 1.97. The fraction of sp³-hybridized carbons (Fsp3) is 0.258. The monoisotopic (exact) mass is 602 g/mol. The SMILES string of the molecule is CN(CCCOc1ccc(-c2ncc(CNC(=O)c3ccc4c(c3)NC(=O)c3ccccc3S4(=O)=O)s2)cc1)C1CC1. The van der Waals surface area contributed by atoms with Crippen molar-refractivity contribution in [2.45, 2.75) is 41.6 Å². The van der Waals surface area contributed by atoms with Gasteiger partial charge in [-0.15, -0.1) is 11.3 Å². The molecule has 6 rings (SSSR count). The van der Waals surface area contributed by atoms with Crippen LogP contribution >= 0.6 is 11.3 Å². The van der Waals surface area contributed by atoms with Crippen molar-refractivity contribution < 1.29 is 22.7 Å². The zero-order chi connectivity index (χ0) is 29.3. The molecule has 9 nitrogen and oxygen atoms in total. The Bertz CT molecular complexity index is 1750. The average Bonchev–Trinajstić information content (AvgIpc) is 3.76. The first-order valence-corrected chi connectivity index (χ1v) is 16.1. The van der Waals surface area contributed by atoms with Crippen molar-refractivity contribution in [3.05, 3.63) is 88.9 Å². The molecule has 11 heteroatoms. The van der Waals surface area contributed by atoms with Crippen molar-refractivity contribution in [1.29, 1.82) is 0 Å². The van der Waals surface area contributed by atoms with Crippen molar-refractivity contribution in [3.63, 3.8) is 0 Å². The van der Waals surface area contributed by atoms with Gasteiger partial charge < -0.3 is 20.3 Å². The third-order valence-electron chi connectivity index (χ3n) is 7.37. The highest BCUT2D eigenvalue weighted by Crippen LogP contribution is 2.34. The second-order valence-corrected chi connectivity index (χ2v) is 13.4. The maximum absolute atomic E-state index is 13.2. The Hall–Kier alpha value is -4.06. The van der Waals surface area contributed by atoms with Crippen LogP contribution in [0.3, 0.4) is 0 Å². The van der Waals surface area contributed by atoms with Gasteiger partial charge in [0.2, 0.25) is 9.84 Å². The summed E-state index contributed by atoms with van der Waals surface area (Å²) in [5.41, 5.74) is 1.33. The first-order valence-electron chi connectivity index (χ1n) is 13.8. The molecule has 2 N–H and O–H groups in total. The quantitative estimate of drug-likeness (QED) is 0.245. The van der Waals surface area contributed by atoms with E-state index < -0.39 is 21.7 Å². The molecule has 0 unspecified atom stereocenters. The molecule has 0 spiro atoms. The lowest BCUT2D eigenvalue weighted by molar-refractivity contribution is 0.0949. The van der Waals surface area contributed by atoms with Crippen LogP contribution in [0.4, 0.5) is 5.69 Å². The molecular weight excluding hydrogens is 572 g/mol. The van der Waals surface area contributed by atoms with E-state index in [2.05, 4.69) is 27.6 Å². The number of fused-ring (bicyclic) bond motifs is 2. The number of rotatable bonds is 10. The molecular formula is C31H30N4O5S2. The van der Waals surface area contributed by atoms with E-state index in [9.17, 15) is 18.0 Å². The minimum absolute atomic E-state index is 0.0537. The van der Waals surface area contributed by atoms with E-state index in [1.807, 2.05) is 24.3 Å². The van der Waals surface area contributed by atoms with Crippen molar-refractivity contribution >= 4 is 38.7 Å². The lowest BCUT2D eigenvalue weighted by atomic mass is 10.1. The van der Waals surface area contributed by atoms with E-state index in [0.29, 0.717) is 6.61 Å². The van der Waals surface area contributed by atoms with Crippen molar-refractivity contribution in [3.8, 4) is 16.3 Å². The summed E-state index contributed by atoms with van der Waals surface area (Å²) in [4.78, 5) is 33.3. The maximum Gasteiger partial charge on any atom is 0.257 e. The number of ether oxygens (including phenoxy) is 1. The number of carbonyl (C=O) groups is 2. The summed E-state index contributed by atoms with van der Waals surface area (Å²) < 4.78 is 32.3. The summed E-state index contributed by atoms with van der Waals surface area (Å²) in [5, 5.41) is 6.32. The number of amides is 2. The van der Waals surface area contributed by atoms with Gasteiger partial charge in [0.05, 0.1) is 34.2 Å². The Morgan fingerprint density at radius 2 is 1.88 bits per heavy atom. The van der Waals surface area contributed by atoms with Crippen LogP contribution in [-0.4, -0.2) is 56.4 Å². The summed E-state index contributed by atoms with van der Waals surface area (Å²) >= 11 is 1.47. The van der Waals surface area contributed by atoms with Crippen LogP contribution in [0.5, 0.6) is 5.75 Å². The fourth-order valence-corrected chi connectivity index (χ4v) is 7.34. The van der Waals surface area contributed by atoms with Gasteiger partial charge >= 0.3 is 0 Å². The van der Waals surface area contributed by atoms with Gasteiger partial charge in [0.25, 0.3) is 11.8 Å². The second kappa shape index (κ2) is 11.7. The van der Waals surface area contributed by atoms with Gasteiger partial charge in [-0.1, -0.05) is 12.1 Å². The highest BCUT2D eigenvalue weighted by Gasteiger charge is 2.31. The number of hydrogen-bond acceptors (Lipinski definition) is 8. The molecule has 0 bridgehead atoms. The number of sulfone groups is 1. The van der Waals surface area contributed by atoms with Crippen molar-refractivity contribution in [2.75, 3.05) is 25.5 Å². The molecule has 1 aliphatic carbocycles. The largest absolute Gasteiger partial charge is 0.494 e. The molecule has 1 saturated carbocycles. The van der Waals surface area contributed by atoms with Crippen LogP contribution in [-0.2, 0) is 16.4 Å². The fourth-order valence-electron chi connectivity index (χ4n) is 4.89. The number of carbonyl (C=O) groups excluding carboxylic acids is 2. The number of nitrogens with zero attached hydrogens (tertiary/aromatic N) is 2. The van der Waals surface area contributed by atoms with Crippen LogP contribution in [0.2, 0.25) is 0 Å². The molecule has 0 radical (unpaired) electrons. The molecule has 0 saturated heterocycles. The first kappa shape index (κ1) is 28.1. The standard InChI is InChI=1S/C31H30N4O5S2/c1-35(22-10-11-22)15-4-16-40-23-12-7-20(8-13-23)31-33-19-24(41-31)18-32-29(36)21-9-14-28-26(17-21)34-30(37)25-5-2-3-6-27(25)42(28,38)39/h2-3,5-9,12-14,17,19,22H,4,10-11,15-16,18H2,1H3,(H,32,36)(H,34,37). The van der Waals surface area contributed by atoms with Gasteiger partial charge in [-0.3, -0.25) is 9.59 Å². The number of hydrogen-bond donors (Lipinski definition) is 2. The molecule has 0 atom stereocenters. The van der Waals surface area contributed by atoms with Gasteiger partial charge in [-0.05, 0) is 80.9 Å².